The van der Waals surface area contributed by atoms with Gasteiger partial charge < -0.3 is 4.42 Å². The molecule has 2 aromatic heterocycles. The van der Waals surface area contributed by atoms with Crippen LogP contribution in [-0.4, -0.2) is 16.7 Å². The first-order valence-corrected chi connectivity index (χ1v) is 21.9. The highest BCUT2D eigenvalue weighted by Gasteiger charge is 2.52. The van der Waals surface area contributed by atoms with E-state index in [4.69, 9.17) is 14.4 Å². The molecule has 4 heterocycles. The topological polar surface area (TPSA) is 45.4 Å². The molecule has 0 bridgehead atoms. The first-order chi connectivity index (χ1) is 27.4. The third kappa shape index (κ3) is 5.49. The third-order valence-corrected chi connectivity index (χ3v) is 14.4. The molecule has 0 saturated heterocycles. The van der Waals surface area contributed by atoms with E-state index in [1.807, 2.05) is 0 Å². The lowest BCUT2D eigenvalue weighted by Crippen LogP contribution is -2.61. The molecule has 6 aromatic rings. The van der Waals surface area contributed by atoms with E-state index in [1.165, 1.54) is 44.5 Å². The molecule has 2 aliphatic heterocycles. The van der Waals surface area contributed by atoms with Gasteiger partial charge in [0.15, 0.2) is 0 Å². The van der Waals surface area contributed by atoms with Gasteiger partial charge in [0.1, 0.15) is 23.0 Å². The Morgan fingerprint density at radius 1 is 0.576 bits per heavy atom. The van der Waals surface area contributed by atoms with Crippen LogP contribution in [0.3, 0.4) is 0 Å². The number of fused-ring (bicyclic) bond motifs is 8. The van der Waals surface area contributed by atoms with Gasteiger partial charge in [-0.1, -0.05) is 127 Å². The number of anilines is 6. The minimum absolute atomic E-state index is 0.0164. The van der Waals surface area contributed by atoms with E-state index < -0.39 is 0 Å². The Hall–Kier alpha value is -4.84. The smallest absolute Gasteiger partial charge is 0.301 e. The van der Waals surface area contributed by atoms with Crippen molar-refractivity contribution < 1.29 is 4.42 Å². The van der Waals surface area contributed by atoms with E-state index in [1.54, 1.807) is 0 Å². The molecule has 0 fully saturated rings. The Kier molecular flexibility index (Phi) is 7.61. The largest absolute Gasteiger partial charge is 0.468 e. The number of nitrogens with zero attached hydrogens (tertiary/aromatic N) is 4. The van der Waals surface area contributed by atoms with Crippen molar-refractivity contribution in [1.29, 1.82) is 0 Å². The van der Waals surface area contributed by atoms with Crippen molar-refractivity contribution in [2.45, 2.75) is 149 Å². The standard InChI is InChI=1S/C53H61BN4O/c1-30-55-46-43-47(56-30)58(33-19-16-31(17-20-33)48(2,3)4)44-35-24-32(49(5,6)7)18-23-42(35)59-45(44)54(43)40-26-38-39(53(14,15)29-52(38,12)13)27-41(40)57(46)34-21-22-36-37(25-34)51(10,11)28-50(36,8)9/h16-27H,28-29H2,1-15H3. The molecule has 0 radical (unpaired) electrons. The summed E-state index contributed by atoms with van der Waals surface area (Å²) in [4.78, 5) is 15.8. The van der Waals surface area contributed by atoms with E-state index in [0.29, 0.717) is 0 Å². The zero-order valence-electron chi connectivity index (χ0n) is 38.1. The van der Waals surface area contributed by atoms with Crippen LogP contribution >= 0.6 is 0 Å². The number of benzene rings is 4. The molecule has 4 aromatic carbocycles. The van der Waals surface area contributed by atoms with Crippen LogP contribution in [0.4, 0.5) is 34.4 Å². The Balaban J connectivity index is 1.32. The summed E-state index contributed by atoms with van der Waals surface area (Å²) in [6.07, 6.45) is 2.21. The normalized spacial score (nSPS) is 19.1. The van der Waals surface area contributed by atoms with Crippen molar-refractivity contribution in [2.24, 2.45) is 0 Å². The van der Waals surface area contributed by atoms with Gasteiger partial charge >= 0.3 is 6.71 Å². The van der Waals surface area contributed by atoms with Gasteiger partial charge in [-0.3, -0.25) is 9.80 Å². The molecule has 2 aliphatic carbocycles. The molecular formula is C53H61BN4O. The molecule has 0 saturated carbocycles. The summed E-state index contributed by atoms with van der Waals surface area (Å²) < 4.78 is 7.27. The Bertz CT molecular complexity index is 2770. The van der Waals surface area contributed by atoms with E-state index in [2.05, 4.69) is 186 Å². The van der Waals surface area contributed by atoms with Gasteiger partial charge in [0, 0.05) is 27.9 Å². The summed E-state index contributed by atoms with van der Waals surface area (Å²) in [6.45, 7) is 34.9. The summed E-state index contributed by atoms with van der Waals surface area (Å²) in [6, 6.07) is 28.2. The van der Waals surface area contributed by atoms with Gasteiger partial charge in [0.25, 0.3) is 0 Å². The van der Waals surface area contributed by atoms with Crippen LogP contribution in [0.15, 0.2) is 77.2 Å². The van der Waals surface area contributed by atoms with Gasteiger partial charge in [-0.2, -0.15) is 0 Å². The highest BCUT2D eigenvalue weighted by Crippen LogP contribution is 2.55. The number of furan rings is 1. The summed E-state index contributed by atoms with van der Waals surface area (Å²) >= 11 is 0. The Morgan fingerprint density at radius 2 is 1.10 bits per heavy atom. The first-order valence-electron chi connectivity index (χ1n) is 21.9. The molecular weight excluding hydrogens is 719 g/mol. The van der Waals surface area contributed by atoms with Gasteiger partial charge in [-0.25, -0.2) is 9.97 Å². The third-order valence-electron chi connectivity index (χ3n) is 14.4. The summed E-state index contributed by atoms with van der Waals surface area (Å²) in [7, 11) is 0. The minimum Gasteiger partial charge on any atom is -0.468 e. The fourth-order valence-electron chi connectivity index (χ4n) is 12.0. The highest BCUT2D eigenvalue weighted by atomic mass is 16.3. The number of hydrogen-bond donors (Lipinski definition) is 0. The van der Waals surface area contributed by atoms with Crippen LogP contribution in [-0.2, 0) is 32.5 Å². The second kappa shape index (κ2) is 11.7. The van der Waals surface area contributed by atoms with Gasteiger partial charge in [0.2, 0.25) is 0 Å². The lowest BCUT2D eigenvalue weighted by Gasteiger charge is -2.42. The fourth-order valence-corrected chi connectivity index (χ4v) is 12.0. The van der Waals surface area contributed by atoms with Crippen molar-refractivity contribution in [3.63, 3.8) is 0 Å². The number of aromatic nitrogens is 2. The van der Waals surface area contributed by atoms with Crippen molar-refractivity contribution in [3.8, 4) is 0 Å². The van der Waals surface area contributed by atoms with Gasteiger partial charge in [0.05, 0.1) is 11.3 Å². The van der Waals surface area contributed by atoms with Crippen LogP contribution in [0.25, 0.3) is 11.0 Å². The van der Waals surface area contributed by atoms with Crippen molar-refractivity contribution in [3.05, 3.63) is 112 Å². The van der Waals surface area contributed by atoms with Crippen LogP contribution < -0.4 is 26.4 Å². The molecule has 0 atom stereocenters. The van der Waals surface area contributed by atoms with Crippen molar-refractivity contribution in [1.82, 2.24) is 9.97 Å². The molecule has 6 heteroatoms. The van der Waals surface area contributed by atoms with Crippen LogP contribution in [0.2, 0.25) is 0 Å². The SMILES string of the molecule is Cc1nc2c3c(n1)N(c1ccc(C(C)(C)C)cc1)c1c(oc4ccc(C(C)(C)C)cc14)B3c1cc3c(cc1N2c1ccc2c(c1)C(C)(C)CC2(C)C)C(C)(C)CC3(C)C. The first kappa shape index (κ1) is 38.4. The molecule has 0 amide bonds. The number of rotatable bonds is 2. The molecule has 4 aliphatic rings. The minimum atomic E-state index is -0.202. The van der Waals surface area contributed by atoms with E-state index in [9.17, 15) is 0 Å². The highest BCUT2D eigenvalue weighted by molar-refractivity contribution is 6.99. The number of aryl methyl sites for hydroxylation is 1. The molecule has 5 nitrogen and oxygen atoms in total. The van der Waals surface area contributed by atoms with E-state index in [0.717, 1.165) is 69.5 Å². The maximum absolute atomic E-state index is 7.27. The molecule has 0 spiro atoms. The molecule has 302 valence electrons. The lowest BCUT2D eigenvalue weighted by atomic mass is 9.36. The van der Waals surface area contributed by atoms with Crippen molar-refractivity contribution in [2.75, 3.05) is 9.80 Å². The van der Waals surface area contributed by atoms with Gasteiger partial charge in [-0.05, 0) is 134 Å². The summed E-state index contributed by atoms with van der Waals surface area (Å²) in [5.74, 6) is 2.61. The second-order valence-corrected chi connectivity index (χ2v) is 23.1. The molecule has 0 unspecified atom stereocenters. The molecule has 0 N–H and O–H groups in total. The van der Waals surface area contributed by atoms with Gasteiger partial charge in [-0.15, -0.1) is 0 Å². The quantitative estimate of drug-likeness (QED) is 0.164. The maximum Gasteiger partial charge on any atom is 0.301 e. The van der Waals surface area contributed by atoms with Crippen LogP contribution in [0.5, 0.6) is 0 Å². The number of hydrogen-bond acceptors (Lipinski definition) is 5. The van der Waals surface area contributed by atoms with E-state index in [-0.39, 0.29) is 39.2 Å². The fraction of sp³-hybridized carbons (Fsp3) is 0.434. The summed E-state index contributed by atoms with van der Waals surface area (Å²) in [5, 5.41) is 1.12. The maximum atomic E-state index is 7.27. The second-order valence-electron chi connectivity index (χ2n) is 23.1. The Morgan fingerprint density at radius 3 is 1.71 bits per heavy atom. The zero-order chi connectivity index (χ0) is 42.1. The van der Waals surface area contributed by atoms with Crippen molar-refractivity contribution >= 4 is 68.7 Å². The lowest BCUT2D eigenvalue weighted by molar-refractivity contribution is 0.403. The Labute approximate surface area is 352 Å². The molecule has 59 heavy (non-hydrogen) atoms. The monoisotopic (exact) mass is 780 g/mol. The average molecular weight is 781 g/mol. The molecule has 10 rings (SSSR count). The zero-order valence-corrected chi connectivity index (χ0v) is 38.1. The predicted molar refractivity (Wildman–Crippen MR) is 249 cm³/mol. The predicted octanol–water partition coefficient (Wildman–Crippen LogP) is 12.1. The van der Waals surface area contributed by atoms with Crippen LogP contribution in [0, 0.1) is 6.92 Å². The summed E-state index contributed by atoms with van der Waals surface area (Å²) in [5.41, 5.74) is 17.2. The average Bonchev–Trinajstić information content (AvgIpc) is 3.66. The van der Waals surface area contributed by atoms with E-state index >= 15 is 0 Å². The van der Waals surface area contributed by atoms with Crippen LogP contribution in [0.1, 0.15) is 149 Å².